The van der Waals surface area contributed by atoms with Crippen LogP contribution in [0, 0.1) is 6.92 Å². The number of nitrogens with zero attached hydrogens (tertiary/aromatic N) is 1. The van der Waals surface area contributed by atoms with E-state index >= 15 is 0 Å². The summed E-state index contributed by atoms with van der Waals surface area (Å²) in [7, 11) is -3.53. The molecule has 0 amide bonds. The Bertz CT molecular complexity index is 959. The topological polar surface area (TPSA) is 80.8 Å². The van der Waals surface area contributed by atoms with E-state index in [4.69, 9.17) is 4.74 Å². The number of aryl methyl sites for hydroxylation is 1. The largest absolute Gasteiger partial charge is 0.451 e. The van der Waals surface area contributed by atoms with E-state index in [0.717, 1.165) is 18.4 Å². The van der Waals surface area contributed by atoms with Crippen LogP contribution in [0.25, 0.3) is 0 Å². The van der Waals surface area contributed by atoms with E-state index in [0.29, 0.717) is 18.7 Å². The minimum absolute atomic E-state index is 0.148. The fourth-order valence-electron chi connectivity index (χ4n) is 3.08. The first-order chi connectivity index (χ1) is 13.3. The van der Waals surface area contributed by atoms with Gasteiger partial charge in [0.1, 0.15) is 0 Å². The number of benzene rings is 2. The van der Waals surface area contributed by atoms with Gasteiger partial charge < -0.3 is 4.74 Å². The number of esters is 1. The van der Waals surface area contributed by atoms with Crippen molar-refractivity contribution in [2.24, 2.45) is 0 Å². The second-order valence-electron chi connectivity index (χ2n) is 6.91. The Balaban J connectivity index is 1.67. The molecule has 6 nitrogen and oxygen atoms in total. The monoisotopic (exact) mass is 401 g/mol. The van der Waals surface area contributed by atoms with Gasteiger partial charge in [0.25, 0.3) is 0 Å². The van der Waals surface area contributed by atoms with Gasteiger partial charge in [0.15, 0.2) is 6.10 Å². The fourth-order valence-corrected chi connectivity index (χ4v) is 4.59. The summed E-state index contributed by atoms with van der Waals surface area (Å²) in [6, 6.07) is 12.7. The lowest BCUT2D eigenvalue weighted by Gasteiger charge is -2.16. The first-order valence-corrected chi connectivity index (χ1v) is 10.6. The summed E-state index contributed by atoms with van der Waals surface area (Å²) >= 11 is 0. The Kier molecular flexibility index (Phi) is 5.96. The number of ketones is 1. The van der Waals surface area contributed by atoms with Gasteiger partial charge >= 0.3 is 5.97 Å². The molecule has 0 spiro atoms. The number of sulfonamides is 1. The van der Waals surface area contributed by atoms with Crippen LogP contribution >= 0.6 is 0 Å². The molecule has 2 aromatic carbocycles. The molecular weight excluding hydrogens is 378 g/mol. The molecule has 3 rings (SSSR count). The lowest BCUT2D eigenvalue weighted by molar-refractivity contribution is 0.0318. The van der Waals surface area contributed by atoms with E-state index in [9.17, 15) is 18.0 Å². The Hall–Kier alpha value is -2.51. The lowest BCUT2D eigenvalue weighted by atomic mass is 10.1. The molecular formula is C21H23NO5S. The molecule has 2 aromatic rings. The summed E-state index contributed by atoms with van der Waals surface area (Å²) in [6.45, 7) is 4.48. The van der Waals surface area contributed by atoms with Crippen LogP contribution in [0.3, 0.4) is 0 Å². The van der Waals surface area contributed by atoms with Crippen molar-refractivity contribution in [1.29, 1.82) is 0 Å². The quantitative estimate of drug-likeness (QED) is 0.548. The van der Waals surface area contributed by atoms with Gasteiger partial charge in [-0.05, 0) is 51.0 Å². The van der Waals surface area contributed by atoms with Gasteiger partial charge in [0, 0.05) is 18.7 Å². The molecule has 0 bridgehead atoms. The van der Waals surface area contributed by atoms with Crippen LogP contribution in [-0.4, -0.2) is 43.7 Å². The molecule has 1 atom stereocenters. The van der Waals surface area contributed by atoms with Crippen LogP contribution in [0.5, 0.6) is 0 Å². The highest BCUT2D eigenvalue weighted by atomic mass is 32.2. The van der Waals surface area contributed by atoms with Crippen molar-refractivity contribution >= 4 is 21.8 Å². The molecule has 0 aromatic heterocycles. The van der Waals surface area contributed by atoms with Gasteiger partial charge in [-0.3, -0.25) is 4.79 Å². The Morgan fingerprint density at radius 2 is 1.46 bits per heavy atom. The second kappa shape index (κ2) is 8.24. The molecule has 7 heteroatoms. The van der Waals surface area contributed by atoms with Crippen LogP contribution in [0.4, 0.5) is 0 Å². The van der Waals surface area contributed by atoms with Crippen LogP contribution in [0.15, 0.2) is 53.4 Å². The molecule has 1 aliphatic rings. The molecule has 0 saturated carbocycles. The minimum Gasteiger partial charge on any atom is -0.451 e. The minimum atomic E-state index is -3.53. The smallest absolute Gasteiger partial charge is 0.338 e. The van der Waals surface area contributed by atoms with E-state index in [1.165, 1.54) is 35.5 Å². The molecule has 0 radical (unpaired) electrons. The van der Waals surface area contributed by atoms with Gasteiger partial charge in [-0.2, -0.15) is 4.31 Å². The number of Topliss-reactive ketones (excluding diaryl/α,β-unsaturated/α-hetero) is 1. The van der Waals surface area contributed by atoms with Crippen LogP contribution in [-0.2, 0) is 14.8 Å². The molecule has 1 unspecified atom stereocenters. The highest BCUT2D eigenvalue weighted by Gasteiger charge is 2.27. The van der Waals surface area contributed by atoms with Gasteiger partial charge in [-0.25, -0.2) is 13.2 Å². The molecule has 0 N–H and O–H groups in total. The zero-order valence-electron chi connectivity index (χ0n) is 15.9. The van der Waals surface area contributed by atoms with Crippen molar-refractivity contribution in [3.8, 4) is 0 Å². The first kappa shape index (κ1) is 20.2. The first-order valence-electron chi connectivity index (χ1n) is 9.21. The summed E-state index contributed by atoms with van der Waals surface area (Å²) < 4.78 is 31.8. The van der Waals surface area contributed by atoms with E-state index in [-0.39, 0.29) is 16.2 Å². The fraction of sp³-hybridized carbons (Fsp3) is 0.333. The average Bonchev–Trinajstić information content (AvgIpc) is 3.24. The molecule has 1 heterocycles. The van der Waals surface area contributed by atoms with Crippen molar-refractivity contribution < 1.29 is 22.7 Å². The third-order valence-electron chi connectivity index (χ3n) is 4.78. The van der Waals surface area contributed by atoms with Crippen molar-refractivity contribution in [3.05, 3.63) is 65.2 Å². The van der Waals surface area contributed by atoms with E-state index in [2.05, 4.69) is 0 Å². The van der Waals surface area contributed by atoms with Crippen molar-refractivity contribution in [2.45, 2.75) is 37.7 Å². The number of carbonyl (C=O) groups excluding carboxylic acids is 2. The number of carbonyl (C=O) groups is 2. The van der Waals surface area contributed by atoms with Gasteiger partial charge in [0.2, 0.25) is 15.8 Å². The van der Waals surface area contributed by atoms with E-state index < -0.39 is 22.1 Å². The Morgan fingerprint density at radius 1 is 0.929 bits per heavy atom. The van der Waals surface area contributed by atoms with Gasteiger partial charge in [-0.15, -0.1) is 0 Å². The van der Waals surface area contributed by atoms with Crippen LogP contribution in [0.1, 0.15) is 46.0 Å². The summed E-state index contributed by atoms with van der Waals surface area (Å²) in [4.78, 5) is 24.9. The lowest BCUT2D eigenvalue weighted by Crippen LogP contribution is -2.28. The summed E-state index contributed by atoms with van der Waals surface area (Å²) in [5.41, 5.74) is 1.70. The SMILES string of the molecule is Cc1ccc(C(=O)C(C)OC(=O)c2ccc(S(=O)(=O)N3CCCC3)cc2)cc1. The maximum atomic E-state index is 12.5. The predicted octanol–water partition coefficient (Wildman–Crippen LogP) is 3.21. The standard InChI is InChI=1S/C21H23NO5S/c1-15-5-7-17(8-6-15)20(23)16(2)27-21(24)18-9-11-19(12-10-18)28(25,26)22-13-3-4-14-22/h5-12,16H,3-4,13-14H2,1-2H3. The molecule has 0 aliphatic carbocycles. The Morgan fingerprint density at radius 3 is 2.04 bits per heavy atom. The summed E-state index contributed by atoms with van der Waals surface area (Å²) in [5.74, 6) is -0.959. The number of rotatable bonds is 6. The van der Waals surface area contributed by atoms with Gasteiger partial charge in [-0.1, -0.05) is 29.8 Å². The molecule has 1 saturated heterocycles. The number of ether oxygens (including phenoxy) is 1. The van der Waals surface area contributed by atoms with Crippen molar-refractivity contribution in [3.63, 3.8) is 0 Å². The normalized spacial score (nSPS) is 15.9. The number of hydrogen-bond acceptors (Lipinski definition) is 5. The molecule has 148 valence electrons. The predicted molar refractivity (Wildman–Crippen MR) is 105 cm³/mol. The third kappa shape index (κ3) is 4.31. The molecule has 28 heavy (non-hydrogen) atoms. The van der Waals surface area contributed by atoms with Crippen molar-refractivity contribution in [2.75, 3.05) is 13.1 Å². The average molecular weight is 401 g/mol. The van der Waals surface area contributed by atoms with Gasteiger partial charge in [0.05, 0.1) is 10.5 Å². The van der Waals surface area contributed by atoms with Crippen LogP contribution in [0.2, 0.25) is 0 Å². The third-order valence-corrected chi connectivity index (χ3v) is 6.69. The zero-order valence-corrected chi connectivity index (χ0v) is 16.7. The summed E-state index contributed by atoms with van der Waals surface area (Å²) in [5, 5.41) is 0. The zero-order chi connectivity index (χ0) is 20.3. The van der Waals surface area contributed by atoms with E-state index in [1.54, 1.807) is 12.1 Å². The van der Waals surface area contributed by atoms with Crippen LogP contribution < -0.4 is 0 Å². The van der Waals surface area contributed by atoms with E-state index in [1.807, 2.05) is 19.1 Å². The maximum Gasteiger partial charge on any atom is 0.338 e. The molecule has 1 aliphatic heterocycles. The second-order valence-corrected chi connectivity index (χ2v) is 8.85. The Labute approximate surface area is 165 Å². The number of hydrogen-bond donors (Lipinski definition) is 0. The maximum absolute atomic E-state index is 12.5. The van der Waals surface area contributed by atoms with Crippen molar-refractivity contribution in [1.82, 2.24) is 4.31 Å². The highest BCUT2D eigenvalue weighted by molar-refractivity contribution is 7.89. The summed E-state index contributed by atoms with van der Waals surface area (Å²) in [6.07, 6.45) is 0.774. The highest BCUT2D eigenvalue weighted by Crippen LogP contribution is 2.21. The molecule has 1 fully saturated rings.